The molecule has 3 aromatic rings. The Morgan fingerprint density at radius 3 is 2.55 bits per heavy atom. The van der Waals surface area contributed by atoms with Gasteiger partial charge in [-0.3, -0.25) is 9.48 Å². The molecule has 4 rings (SSSR count). The average molecular weight is 439 g/mol. The number of carboxylic acid groups (broad SMARTS) is 1. The van der Waals surface area contributed by atoms with Gasteiger partial charge in [-0.2, -0.15) is 18.3 Å². The molecule has 0 aliphatic carbocycles. The van der Waals surface area contributed by atoms with Crippen molar-refractivity contribution in [3.8, 4) is 0 Å². The number of nitrogens with zero attached hydrogens (tertiary/aromatic N) is 5. The van der Waals surface area contributed by atoms with Gasteiger partial charge in [-0.05, 0) is 32.0 Å². The zero-order valence-corrected chi connectivity index (χ0v) is 16.7. The fraction of sp³-hybridized carbons (Fsp3) is 0.368. The van der Waals surface area contributed by atoms with E-state index in [9.17, 15) is 18.0 Å². The Bertz CT molecular complexity index is 1060. The second kappa shape index (κ2) is 8.66. The zero-order valence-electron chi connectivity index (χ0n) is 16.7. The van der Waals surface area contributed by atoms with E-state index in [1.54, 1.807) is 12.3 Å². The summed E-state index contributed by atoms with van der Waals surface area (Å²) >= 11 is 0. The van der Waals surface area contributed by atoms with Crippen LogP contribution in [0.2, 0.25) is 0 Å². The predicted molar refractivity (Wildman–Crippen MR) is 100 cm³/mol. The van der Waals surface area contributed by atoms with Crippen LogP contribution in [0, 0.1) is 6.92 Å². The summed E-state index contributed by atoms with van der Waals surface area (Å²) in [6.07, 6.45) is 0.488. The van der Waals surface area contributed by atoms with Crippen molar-refractivity contribution in [2.45, 2.75) is 39.2 Å². The fourth-order valence-corrected chi connectivity index (χ4v) is 3.21. The third-order valence-electron chi connectivity index (χ3n) is 4.71. The van der Waals surface area contributed by atoms with Crippen LogP contribution in [0.1, 0.15) is 40.8 Å². The summed E-state index contributed by atoms with van der Waals surface area (Å²) in [4.78, 5) is 27.9. The van der Waals surface area contributed by atoms with E-state index in [4.69, 9.17) is 14.3 Å². The first-order valence-electron chi connectivity index (χ1n) is 9.27. The van der Waals surface area contributed by atoms with Crippen molar-refractivity contribution in [3.63, 3.8) is 0 Å². The molecule has 0 saturated heterocycles. The number of furan rings is 1. The molecule has 1 aliphatic rings. The summed E-state index contributed by atoms with van der Waals surface area (Å²) in [5.41, 5.74) is 1.10. The molecule has 1 N–H and O–H groups in total. The maximum absolute atomic E-state index is 12.7. The standard InChI is InChI=1S/C17H19N5O2.C2HF3O2/c1-12-4-5-15(24-12)17(23)21-8-9-22-14(10-18-16(22)13(21)2)11-20-7-3-6-19-20;3-2(4,5)1(6)7/h3-7,10,13H,8-9,11H2,1-2H3;(H,6,7). The van der Waals surface area contributed by atoms with E-state index < -0.39 is 12.1 Å². The van der Waals surface area contributed by atoms with Crippen LogP contribution in [-0.2, 0) is 17.9 Å². The molecule has 4 heterocycles. The van der Waals surface area contributed by atoms with Gasteiger partial charge in [-0.25, -0.2) is 9.78 Å². The zero-order chi connectivity index (χ0) is 22.8. The summed E-state index contributed by atoms with van der Waals surface area (Å²) in [6, 6.07) is 5.35. The van der Waals surface area contributed by atoms with Crippen LogP contribution in [0.5, 0.6) is 0 Å². The fourth-order valence-electron chi connectivity index (χ4n) is 3.21. The lowest BCUT2D eigenvalue weighted by Crippen LogP contribution is -2.41. The quantitative estimate of drug-likeness (QED) is 0.673. The highest BCUT2D eigenvalue weighted by molar-refractivity contribution is 5.91. The molecule has 0 radical (unpaired) electrons. The Morgan fingerprint density at radius 2 is 2.00 bits per heavy atom. The van der Waals surface area contributed by atoms with Crippen LogP contribution >= 0.6 is 0 Å². The molecular weight excluding hydrogens is 419 g/mol. The number of aromatic nitrogens is 4. The molecule has 31 heavy (non-hydrogen) atoms. The Labute approximate surface area is 174 Å². The highest BCUT2D eigenvalue weighted by Gasteiger charge is 2.38. The van der Waals surface area contributed by atoms with Gasteiger partial charge in [-0.1, -0.05) is 0 Å². The number of fused-ring (bicyclic) bond motifs is 1. The Balaban J connectivity index is 0.000000339. The number of carbonyl (C=O) groups excluding carboxylic acids is 1. The number of amides is 1. The third kappa shape index (κ3) is 4.95. The minimum absolute atomic E-state index is 0.0847. The molecule has 0 saturated carbocycles. The van der Waals surface area contributed by atoms with E-state index in [1.165, 1.54) is 0 Å². The van der Waals surface area contributed by atoms with E-state index in [0.717, 1.165) is 23.8 Å². The van der Waals surface area contributed by atoms with E-state index in [0.29, 0.717) is 18.8 Å². The van der Waals surface area contributed by atoms with Crippen molar-refractivity contribution < 1.29 is 32.3 Å². The summed E-state index contributed by atoms with van der Waals surface area (Å²) in [5, 5.41) is 11.4. The van der Waals surface area contributed by atoms with Gasteiger partial charge in [0.2, 0.25) is 0 Å². The minimum Gasteiger partial charge on any atom is -0.475 e. The number of aryl methyl sites for hydroxylation is 1. The second-order valence-corrected chi connectivity index (χ2v) is 6.85. The Morgan fingerprint density at radius 1 is 1.29 bits per heavy atom. The van der Waals surface area contributed by atoms with Gasteiger partial charge in [0.25, 0.3) is 5.91 Å². The molecule has 9 nitrogen and oxygen atoms in total. The molecule has 166 valence electrons. The molecule has 0 bridgehead atoms. The van der Waals surface area contributed by atoms with Gasteiger partial charge in [0.15, 0.2) is 5.76 Å². The lowest BCUT2D eigenvalue weighted by molar-refractivity contribution is -0.192. The Kier molecular flexibility index (Phi) is 6.18. The first kappa shape index (κ1) is 22.1. The van der Waals surface area contributed by atoms with E-state index in [-0.39, 0.29) is 11.9 Å². The van der Waals surface area contributed by atoms with Crippen LogP contribution < -0.4 is 0 Å². The number of hydrogen-bond donors (Lipinski definition) is 1. The molecular formula is C19H20F3N5O4. The normalized spacial score (nSPS) is 15.8. The van der Waals surface area contributed by atoms with E-state index in [2.05, 4.69) is 14.6 Å². The number of imidazole rings is 1. The molecule has 0 fully saturated rings. The summed E-state index contributed by atoms with van der Waals surface area (Å²) < 4.78 is 41.3. The number of halogens is 3. The van der Waals surface area contributed by atoms with Crippen LogP contribution in [-0.4, -0.2) is 53.9 Å². The molecule has 1 aliphatic heterocycles. The maximum Gasteiger partial charge on any atom is 0.490 e. The van der Waals surface area contributed by atoms with Crippen molar-refractivity contribution >= 4 is 11.9 Å². The summed E-state index contributed by atoms with van der Waals surface area (Å²) in [6.45, 7) is 5.88. The topological polar surface area (TPSA) is 106 Å². The molecule has 1 amide bonds. The lowest BCUT2D eigenvalue weighted by atomic mass is 10.2. The van der Waals surface area contributed by atoms with Crippen LogP contribution in [0.4, 0.5) is 13.2 Å². The average Bonchev–Trinajstić information content (AvgIpc) is 3.44. The van der Waals surface area contributed by atoms with Gasteiger partial charge in [0.05, 0.1) is 24.5 Å². The van der Waals surface area contributed by atoms with Gasteiger partial charge >= 0.3 is 12.1 Å². The third-order valence-corrected chi connectivity index (χ3v) is 4.71. The number of rotatable bonds is 3. The monoisotopic (exact) mass is 439 g/mol. The number of hydrogen-bond acceptors (Lipinski definition) is 5. The van der Waals surface area contributed by atoms with E-state index in [1.807, 2.05) is 48.0 Å². The minimum atomic E-state index is -5.08. The number of carbonyl (C=O) groups is 2. The highest BCUT2D eigenvalue weighted by Crippen LogP contribution is 2.27. The van der Waals surface area contributed by atoms with Crippen molar-refractivity contribution in [1.82, 2.24) is 24.2 Å². The molecule has 0 spiro atoms. The Hall–Kier alpha value is -3.57. The van der Waals surface area contributed by atoms with Crippen molar-refractivity contribution in [1.29, 1.82) is 0 Å². The second-order valence-electron chi connectivity index (χ2n) is 6.85. The molecule has 1 unspecified atom stereocenters. The number of carboxylic acids is 1. The molecule has 3 aromatic heterocycles. The highest BCUT2D eigenvalue weighted by atomic mass is 19.4. The van der Waals surface area contributed by atoms with Gasteiger partial charge in [0, 0.05) is 25.5 Å². The van der Waals surface area contributed by atoms with Crippen molar-refractivity contribution in [2.75, 3.05) is 6.54 Å². The van der Waals surface area contributed by atoms with E-state index >= 15 is 0 Å². The van der Waals surface area contributed by atoms with Crippen LogP contribution in [0.25, 0.3) is 0 Å². The summed E-state index contributed by atoms with van der Waals surface area (Å²) in [5.74, 6) is -0.812. The van der Waals surface area contributed by atoms with Crippen LogP contribution in [0.15, 0.2) is 41.2 Å². The van der Waals surface area contributed by atoms with Crippen molar-refractivity contribution in [3.05, 3.63) is 59.8 Å². The SMILES string of the molecule is Cc1ccc(C(=O)N2CCn3c(Cn4cccn4)cnc3C2C)o1.O=C(O)C(F)(F)F. The van der Waals surface area contributed by atoms with Gasteiger partial charge in [0.1, 0.15) is 11.6 Å². The lowest BCUT2D eigenvalue weighted by Gasteiger charge is -2.33. The molecule has 0 aromatic carbocycles. The maximum atomic E-state index is 12.7. The largest absolute Gasteiger partial charge is 0.490 e. The first-order valence-corrected chi connectivity index (χ1v) is 9.27. The predicted octanol–water partition coefficient (Wildman–Crippen LogP) is 2.88. The molecule has 12 heteroatoms. The first-order chi connectivity index (χ1) is 14.6. The smallest absolute Gasteiger partial charge is 0.475 e. The summed E-state index contributed by atoms with van der Waals surface area (Å²) in [7, 11) is 0. The number of alkyl halides is 3. The van der Waals surface area contributed by atoms with Gasteiger partial charge in [-0.15, -0.1) is 0 Å². The van der Waals surface area contributed by atoms with Crippen LogP contribution in [0.3, 0.4) is 0 Å². The van der Waals surface area contributed by atoms with Gasteiger partial charge < -0.3 is 19.0 Å². The number of aliphatic carboxylic acids is 1. The molecule has 1 atom stereocenters. The van der Waals surface area contributed by atoms with Crippen molar-refractivity contribution in [2.24, 2.45) is 0 Å².